The Morgan fingerprint density at radius 2 is 2.10 bits per heavy atom. The van der Waals surface area contributed by atoms with E-state index in [1.54, 1.807) is 0 Å². The molecular weight excluding hydrogens is 290 g/mol. The first-order valence-electron chi connectivity index (χ1n) is 7.01. The molecule has 3 N–H and O–H groups in total. The maximum absolute atomic E-state index is 12.2. The molecule has 5 nitrogen and oxygen atoms in total. The number of benzene rings is 1. The lowest BCUT2D eigenvalue weighted by atomic mass is 9.97. The molecule has 0 atom stereocenters. The first-order chi connectivity index (χ1) is 9.58. The van der Waals surface area contributed by atoms with E-state index in [0.29, 0.717) is 5.56 Å². The zero-order valence-corrected chi connectivity index (χ0v) is 13.2. The number of hydrogen-bond donors (Lipinski definition) is 3. The molecule has 1 aliphatic rings. The summed E-state index contributed by atoms with van der Waals surface area (Å²) in [4.78, 5) is 23.7. The lowest BCUT2D eigenvalue weighted by Gasteiger charge is -2.20. The Morgan fingerprint density at radius 3 is 2.81 bits per heavy atom. The summed E-state index contributed by atoms with van der Waals surface area (Å²) in [5.74, 6) is -0.360. The smallest absolute Gasteiger partial charge is 0.252 e. The molecule has 0 saturated carbocycles. The van der Waals surface area contributed by atoms with E-state index in [9.17, 15) is 9.59 Å². The summed E-state index contributed by atoms with van der Waals surface area (Å²) < 4.78 is 0. The maximum Gasteiger partial charge on any atom is 0.252 e. The Morgan fingerprint density at radius 1 is 1.33 bits per heavy atom. The zero-order valence-electron chi connectivity index (χ0n) is 12.4. The molecule has 0 saturated heterocycles. The van der Waals surface area contributed by atoms with Crippen LogP contribution in [-0.2, 0) is 11.2 Å². The molecule has 0 spiro atoms. The molecule has 6 heteroatoms. The lowest BCUT2D eigenvalue weighted by molar-refractivity contribution is -0.120. The van der Waals surface area contributed by atoms with Crippen molar-refractivity contribution in [2.24, 2.45) is 0 Å². The van der Waals surface area contributed by atoms with E-state index in [4.69, 9.17) is 0 Å². The Kier molecular flexibility index (Phi) is 6.49. The minimum atomic E-state index is -0.190. The topological polar surface area (TPSA) is 70.2 Å². The van der Waals surface area contributed by atoms with Crippen LogP contribution in [0.2, 0.25) is 0 Å². The van der Waals surface area contributed by atoms with Gasteiger partial charge in [-0.05, 0) is 44.4 Å². The van der Waals surface area contributed by atoms with Crippen LogP contribution in [0.4, 0.5) is 5.69 Å². The molecule has 1 aromatic carbocycles. The molecule has 0 aromatic heterocycles. The van der Waals surface area contributed by atoms with Gasteiger partial charge >= 0.3 is 0 Å². The van der Waals surface area contributed by atoms with Crippen molar-refractivity contribution in [2.75, 3.05) is 18.4 Å². The van der Waals surface area contributed by atoms with Crippen LogP contribution in [0.5, 0.6) is 0 Å². The molecule has 0 aliphatic carbocycles. The summed E-state index contributed by atoms with van der Waals surface area (Å²) in [6.07, 6.45) is 1.91. The minimum absolute atomic E-state index is 0. The van der Waals surface area contributed by atoms with E-state index in [1.807, 2.05) is 32.0 Å². The molecule has 0 unspecified atom stereocenters. The van der Waals surface area contributed by atoms with Crippen molar-refractivity contribution in [1.29, 1.82) is 0 Å². The van der Waals surface area contributed by atoms with Crippen LogP contribution in [0, 0.1) is 0 Å². The van der Waals surface area contributed by atoms with Crippen LogP contribution in [0.1, 0.15) is 36.2 Å². The van der Waals surface area contributed by atoms with Gasteiger partial charge in [0.15, 0.2) is 0 Å². The monoisotopic (exact) mass is 311 g/mol. The van der Waals surface area contributed by atoms with Crippen molar-refractivity contribution in [3.63, 3.8) is 0 Å². The molecule has 0 fully saturated rings. The first-order valence-corrected chi connectivity index (χ1v) is 7.01. The highest BCUT2D eigenvalue weighted by atomic mass is 35.5. The van der Waals surface area contributed by atoms with Crippen molar-refractivity contribution in [1.82, 2.24) is 10.6 Å². The van der Waals surface area contributed by atoms with Crippen molar-refractivity contribution < 1.29 is 9.59 Å². The Balaban J connectivity index is 0.00000220. The van der Waals surface area contributed by atoms with Gasteiger partial charge in [-0.2, -0.15) is 0 Å². The minimum Gasteiger partial charge on any atom is -0.385 e. The first kappa shape index (κ1) is 17.3. The van der Waals surface area contributed by atoms with Crippen molar-refractivity contribution >= 4 is 29.9 Å². The van der Waals surface area contributed by atoms with Crippen LogP contribution in [0.3, 0.4) is 0 Å². The molecule has 0 bridgehead atoms. The van der Waals surface area contributed by atoms with Gasteiger partial charge in [0.2, 0.25) is 5.91 Å². The fourth-order valence-corrected chi connectivity index (χ4v) is 2.35. The highest BCUT2D eigenvalue weighted by Gasteiger charge is 2.17. The van der Waals surface area contributed by atoms with E-state index < -0.39 is 0 Å². The van der Waals surface area contributed by atoms with Gasteiger partial charge in [0, 0.05) is 23.8 Å². The number of hydrogen-bond acceptors (Lipinski definition) is 3. The van der Waals surface area contributed by atoms with E-state index in [1.165, 1.54) is 0 Å². The third-order valence-corrected chi connectivity index (χ3v) is 3.20. The summed E-state index contributed by atoms with van der Waals surface area (Å²) in [5, 5.41) is 8.71. The fraction of sp³-hybridized carbons (Fsp3) is 0.467. The second kappa shape index (κ2) is 7.88. The Hall–Kier alpha value is -1.75. The number of carbonyl (C=O) groups excluding carboxylic acids is 2. The number of anilines is 1. The third-order valence-electron chi connectivity index (χ3n) is 3.20. The molecule has 1 heterocycles. The van der Waals surface area contributed by atoms with Crippen LogP contribution in [-0.4, -0.2) is 30.9 Å². The van der Waals surface area contributed by atoms with Crippen LogP contribution < -0.4 is 16.0 Å². The normalized spacial score (nSPS) is 12.7. The van der Waals surface area contributed by atoms with E-state index >= 15 is 0 Å². The Bertz CT molecular complexity index is 518. The van der Waals surface area contributed by atoms with Gasteiger partial charge in [0.05, 0.1) is 6.54 Å². The summed E-state index contributed by atoms with van der Waals surface area (Å²) in [6, 6.07) is 5.73. The molecule has 21 heavy (non-hydrogen) atoms. The third kappa shape index (κ3) is 4.63. The quantitative estimate of drug-likeness (QED) is 0.793. The predicted octanol–water partition coefficient (Wildman–Crippen LogP) is 1.72. The summed E-state index contributed by atoms with van der Waals surface area (Å²) in [5.41, 5.74) is 2.73. The van der Waals surface area contributed by atoms with Crippen molar-refractivity contribution in [2.45, 2.75) is 32.7 Å². The molecule has 0 radical (unpaired) electrons. The highest BCUT2D eigenvalue weighted by Crippen LogP contribution is 2.25. The predicted molar refractivity (Wildman–Crippen MR) is 86.1 cm³/mol. The van der Waals surface area contributed by atoms with Gasteiger partial charge in [-0.15, -0.1) is 12.4 Å². The summed E-state index contributed by atoms with van der Waals surface area (Å²) in [7, 11) is 0. The van der Waals surface area contributed by atoms with E-state index in [0.717, 1.165) is 30.6 Å². The summed E-state index contributed by atoms with van der Waals surface area (Å²) >= 11 is 0. The molecule has 1 aromatic rings. The van der Waals surface area contributed by atoms with Gasteiger partial charge in [-0.25, -0.2) is 0 Å². The highest BCUT2D eigenvalue weighted by molar-refractivity contribution is 5.99. The largest absolute Gasteiger partial charge is 0.385 e. The summed E-state index contributed by atoms with van der Waals surface area (Å²) in [6.45, 7) is 4.72. The van der Waals surface area contributed by atoms with Crippen LogP contribution in [0.15, 0.2) is 18.2 Å². The van der Waals surface area contributed by atoms with Gasteiger partial charge in [0.1, 0.15) is 0 Å². The molecule has 1 aliphatic heterocycles. The van der Waals surface area contributed by atoms with Crippen molar-refractivity contribution in [3.05, 3.63) is 29.3 Å². The zero-order chi connectivity index (χ0) is 14.5. The standard InChI is InChI=1S/C15H21N3O2.ClH/c1-10(2)18-14(19)9-17-15(20)12-5-3-7-13-11(12)6-4-8-16-13;/h3,5,7,10,16H,4,6,8-9H2,1-2H3,(H,17,20)(H,18,19);1H. The number of carbonyl (C=O) groups is 2. The molecule has 116 valence electrons. The second-order valence-corrected chi connectivity index (χ2v) is 5.27. The van der Waals surface area contributed by atoms with E-state index in [2.05, 4.69) is 16.0 Å². The maximum atomic E-state index is 12.2. The fourth-order valence-electron chi connectivity index (χ4n) is 2.35. The number of rotatable bonds is 4. The van der Waals surface area contributed by atoms with E-state index in [-0.39, 0.29) is 36.8 Å². The number of amides is 2. The molecular formula is C15H22ClN3O2. The van der Waals surface area contributed by atoms with Gasteiger partial charge < -0.3 is 16.0 Å². The van der Waals surface area contributed by atoms with Crippen LogP contribution >= 0.6 is 12.4 Å². The SMILES string of the molecule is CC(C)NC(=O)CNC(=O)c1cccc2c1CCCN2.Cl. The second-order valence-electron chi connectivity index (χ2n) is 5.27. The molecule has 2 rings (SSSR count). The number of fused-ring (bicyclic) bond motifs is 1. The van der Waals surface area contributed by atoms with Gasteiger partial charge in [-0.1, -0.05) is 6.07 Å². The molecule has 2 amide bonds. The van der Waals surface area contributed by atoms with Crippen LogP contribution in [0.25, 0.3) is 0 Å². The number of nitrogens with one attached hydrogen (secondary N) is 3. The Labute approximate surface area is 131 Å². The van der Waals surface area contributed by atoms with Crippen molar-refractivity contribution in [3.8, 4) is 0 Å². The average molecular weight is 312 g/mol. The van der Waals surface area contributed by atoms with Gasteiger partial charge in [0.25, 0.3) is 5.91 Å². The average Bonchev–Trinajstić information content (AvgIpc) is 2.43. The lowest BCUT2D eigenvalue weighted by Crippen LogP contribution is -2.40. The number of halogens is 1. The van der Waals surface area contributed by atoms with Gasteiger partial charge in [-0.3, -0.25) is 9.59 Å².